The second-order valence-corrected chi connectivity index (χ2v) is 6.49. The number of rotatable bonds is 7. The summed E-state index contributed by atoms with van der Waals surface area (Å²) in [6.07, 6.45) is 1.40. The number of aromatic nitrogens is 3. The summed E-state index contributed by atoms with van der Waals surface area (Å²) in [5.41, 5.74) is 2.01. The van der Waals surface area contributed by atoms with Gasteiger partial charge in [-0.05, 0) is 23.6 Å². The van der Waals surface area contributed by atoms with E-state index in [0.29, 0.717) is 12.3 Å². The second-order valence-electron chi connectivity index (χ2n) is 5.55. The Morgan fingerprint density at radius 1 is 1.32 bits per heavy atom. The number of amides is 1. The molecule has 6 heteroatoms. The normalized spacial score (nSPS) is 10.9. The Hall–Kier alpha value is -1.82. The molecule has 0 spiro atoms. The van der Waals surface area contributed by atoms with Crippen molar-refractivity contribution in [3.63, 3.8) is 0 Å². The van der Waals surface area contributed by atoms with Crippen molar-refractivity contribution in [3.8, 4) is 0 Å². The summed E-state index contributed by atoms with van der Waals surface area (Å²) in [6, 6.07) is 7.91. The number of aromatic amines is 1. The number of hydrogen-bond donors (Lipinski definition) is 2. The fraction of sp³-hybridized carbons (Fsp3) is 0.438. The Labute approximate surface area is 135 Å². The molecule has 0 aliphatic carbocycles. The highest BCUT2D eigenvalue weighted by Crippen LogP contribution is 2.20. The van der Waals surface area contributed by atoms with Gasteiger partial charge in [-0.3, -0.25) is 9.89 Å². The number of H-pyrrole nitrogens is 1. The largest absolute Gasteiger partial charge is 0.326 e. The number of nitrogens with one attached hydrogen (secondary N) is 2. The van der Waals surface area contributed by atoms with Gasteiger partial charge in [0, 0.05) is 24.3 Å². The molecule has 22 heavy (non-hydrogen) atoms. The van der Waals surface area contributed by atoms with Crippen LogP contribution in [-0.4, -0.2) is 21.1 Å². The molecule has 2 aromatic rings. The molecule has 1 aromatic heterocycles. The van der Waals surface area contributed by atoms with Gasteiger partial charge in [0.1, 0.15) is 5.82 Å². The minimum absolute atomic E-state index is 0.0601. The Kier molecular flexibility index (Phi) is 6.00. The number of aryl methyl sites for hydroxylation is 1. The molecule has 118 valence electrons. The summed E-state index contributed by atoms with van der Waals surface area (Å²) in [6.45, 7) is 6.11. The number of nitrogens with zero attached hydrogens (tertiary/aromatic N) is 2. The highest BCUT2D eigenvalue weighted by atomic mass is 32.2. The average molecular weight is 318 g/mol. The van der Waals surface area contributed by atoms with E-state index in [-0.39, 0.29) is 5.91 Å². The first-order valence-electron chi connectivity index (χ1n) is 7.49. The van der Waals surface area contributed by atoms with Crippen molar-refractivity contribution in [1.82, 2.24) is 15.2 Å². The van der Waals surface area contributed by atoms with Crippen LogP contribution in [-0.2, 0) is 17.0 Å². The summed E-state index contributed by atoms with van der Waals surface area (Å²) < 4.78 is 0. The molecule has 0 aliphatic heterocycles. The fourth-order valence-corrected chi connectivity index (χ4v) is 2.69. The Morgan fingerprint density at radius 2 is 2.05 bits per heavy atom. The molecule has 0 aliphatic rings. The Morgan fingerprint density at radius 3 is 2.64 bits per heavy atom. The SMILES string of the molecule is CCc1nc(SCc2ccc(NC(=O)CC(C)C)cc2)n[nH]1. The fourth-order valence-electron chi connectivity index (χ4n) is 1.92. The van der Waals surface area contributed by atoms with Crippen molar-refractivity contribution < 1.29 is 4.79 Å². The number of thioether (sulfide) groups is 1. The molecule has 1 amide bonds. The lowest BCUT2D eigenvalue weighted by Gasteiger charge is -2.07. The molecule has 5 nitrogen and oxygen atoms in total. The maximum atomic E-state index is 11.7. The van der Waals surface area contributed by atoms with Gasteiger partial charge in [-0.1, -0.05) is 44.7 Å². The number of benzene rings is 1. The van der Waals surface area contributed by atoms with E-state index in [2.05, 4.69) is 20.5 Å². The van der Waals surface area contributed by atoms with Gasteiger partial charge >= 0.3 is 0 Å². The zero-order valence-electron chi connectivity index (χ0n) is 13.2. The molecule has 2 N–H and O–H groups in total. The lowest BCUT2D eigenvalue weighted by Crippen LogP contribution is -2.13. The van der Waals surface area contributed by atoms with E-state index < -0.39 is 0 Å². The topological polar surface area (TPSA) is 70.7 Å². The summed E-state index contributed by atoms with van der Waals surface area (Å²) in [5, 5.41) is 10.7. The van der Waals surface area contributed by atoms with Crippen LogP contribution in [0.2, 0.25) is 0 Å². The van der Waals surface area contributed by atoms with Crippen LogP contribution in [0.15, 0.2) is 29.4 Å². The molecule has 0 unspecified atom stereocenters. The molecule has 0 atom stereocenters. The van der Waals surface area contributed by atoms with Crippen molar-refractivity contribution >= 4 is 23.4 Å². The van der Waals surface area contributed by atoms with Crippen LogP contribution in [0.5, 0.6) is 0 Å². The lowest BCUT2D eigenvalue weighted by molar-refractivity contribution is -0.116. The standard InChI is InChI=1S/C16H22N4OS/c1-4-14-18-16(20-19-14)22-10-12-5-7-13(8-6-12)17-15(21)9-11(2)3/h5-8,11H,4,9-10H2,1-3H3,(H,17,21)(H,18,19,20). The van der Waals surface area contributed by atoms with Crippen LogP contribution >= 0.6 is 11.8 Å². The van der Waals surface area contributed by atoms with E-state index in [1.165, 1.54) is 5.56 Å². The predicted octanol–water partition coefficient (Wildman–Crippen LogP) is 3.64. The van der Waals surface area contributed by atoms with E-state index in [1.807, 2.05) is 45.0 Å². The van der Waals surface area contributed by atoms with Gasteiger partial charge in [0.25, 0.3) is 0 Å². The van der Waals surface area contributed by atoms with Crippen LogP contribution in [0.1, 0.15) is 38.6 Å². The zero-order chi connectivity index (χ0) is 15.9. The number of carbonyl (C=O) groups is 1. The van der Waals surface area contributed by atoms with Crippen LogP contribution in [0.3, 0.4) is 0 Å². The van der Waals surface area contributed by atoms with Crippen LogP contribution in [0, 0.1) is 5.92 Å². The van der Waals surface area contributed by atoms with Gasteiger partial charge in [0.05, 0.1) is 0 Å². The number of carbonyl (C=O) groups excluding carboxylic acids is 1. The third-order valence-electron chi connectivity index (χ3n) is 3.05. The third-order valence-corrected chi connectivity index (χ3v) is 3.96. The monoisotopic (exact) mass is 318 g/mol. The minimum atomic E-state index is 0.0601. The van der Waals surface area contributed by atoms with Gasteiger partial charge in [-0.25, -0.2) is 4.98 Å². The van der Waals surface area contributed by atoms with Gasteiger partial charge in [-0.15, -0.1) is 5.10 Å². The van der Waals surface area contributed by atoms with Crippen LogP contribution < -0.4 is 5.32 Å². The van der Waals surface area contributed by atoms with Crippen LogP contribution in [0.4, 0.5) is 5.69 Å². The van der Waals surface area contributed by atoms with Crippen molar-refractivity contribution in [2.24, 2.45) is 5.92 Å². The van der Waals surface area contributed by atoms with E-state index in [9.17, 15) is 4.79 Å². The first-order chi connectivity index (χ1) is 10.6. The first-order valence-corrected chi connectivity index (χ1v) is 8.48. The van der Waals surface area contributed by atoms with E-state index >= 15 is 0 Å². The minimum Gasteiger partial charge on any atom is -0.326 e. The molecule has 0 saturated heterocycles. The van der Waals surface area contributed by atoms with Crippen LogP contribution in [0.25, 0.3) is 0 Å². The second kappa shape index (κ2) is 7.98. The van der Waals surface area contributed by atoms with Crippen molar-refractivity contribution in [3.05, 3.63) is 35.7 Å². The van der Waals surface area contributed by atoms with Crippen molar-refractivity contribution in [1.29, 1.82) is 0 Å². The van der Waals surface area contributed by atoms with Crippen molar-refractivity contribution in [2.75, 3.05) is 5.32 Å². The highest BCUT2D eigenvalue weighted by Gasteiger charge is 2.06. The molecule has 0 radical (unpaired) electrons. The van der Waals surface area contributed by atoms with Gasteiger partial charge < -0.3 is 5.32 Å². The van der Waals surface area contributed by atoms with Gasteiger partial charge in [-0.2, -0.15) is 0 Å². The summed E-state index contributed by atoms with van der Waals surface area (Å²) >= 11 is 1.60. The quantitative estimate of drug-likeness (QED) is 0.765. The maximum absolute atomic E-state index is 11.7. The maximum Gasteiger partial charge on any atom is 0.224 e. The predicted molar refractivity (Wildman–Crippen MR) is 89.8 cm³/mol. The van der Waals surface area contributed by atoms with Gasteiger partial charge in [0.15, 0.2) is 0 Å². The number of anilines is 1. The Bertz CT molecular complexity index is 607. The van der Waals surface area contributed by atoms with E-state index in [1.54, 1.807) is 11.8 Å². The van der Waals surface area contributed by atoms with Gasteiger partial charge in [0.2, 0.25) is 11.1 Å². The average Bonchev–Trinajstić information content (AvgIpc) is 2.93. The molecular formula is C16H22N4OS. The molecule has 2 rings (SSSR count). The molecule has 0 saturated carbocycles. The first kappa shape index (κ1) is 16.5. The van der Waals surface area contributed by atoms with E-state index in [4.69, 9.17) is 0 Å². The molecule has 1 aromatic carbocycles. The molecule has 0 bridgehead atoms. The molecule has 1 heterocycles. The van der Waals surface area contributed by atoms with E-state index in [0.717, 1.165) is 28.8 Å². The smallest absolute Gasteiger partial charge is 0.224 e. The third kappa shape index (κ3) is 5.18. The number of hydrogen-bond acceptors (Lipinski definition) is 4. The summed E-state index contributed by atoms with van der Waals surface area (Å²) in [5.74, 6) is 2.14. The van der Waals surface area contributed by atoms with Crippen molar-refractivity contribution in [2.45, 2.75) is 44.5 Å². The lowest BCUT2D eigenvalue weighted by atomic mass is 10.1. The summed E-state index contributed by atoms with van der Waals surface area (Å²) in [4.78, 5) is 16.1. The Balaban J connectivity index is 1.85. The molecular weight excluding hydrogens is 296 g/mol. The molecule has 0 fully saturated rings. The summed E-state index contributed by atoms with van der Waals surface area (Å²) in [7, 11) is 0. The zero-order valence-corrected chi connectivity index (χ0v) is 14.0. The highest BCUT2D eigenvalue weighted by molar-refractivity contribution is 7.98.